The number of phenolic OH excluding ortho intramolecular Hbond substituents is 1. The first-order valence-corrected chi connectivity index (χ1v) is 13.5. The van der Waals surface area contributed by atoms with Crippen LogP contribution in [-0.4, -0.2) is 56.7 Å². The van der Waals surface area contributed by atoms with Gasteiger partial charge in [0, 0.05) is 37.9 Å². The van der Waals surface area contributed by atoms with Crippen LogP contribution in [0, 0.1) is 6.92 Å². The van der Waals surface area contributed by atoms with Crippen LogP contribution in [0.4, 0.5) is 5.82 Å². The maximum absolute atomic E-state index is 10.8. The maximum atomic E-state index is 10.8. The molecule has 0 aliphatic carbocycles. The van der Waals surface area contributed by atoms with Gasteiger partial charge in [0.1, 0.15) is 17.1 Å². The molecule has 0 saturated carbocycles. The van der Waals surface area contributed by atoms with Crippen LogP contribution in [0.1, 0.15) is 48.7 Å². The van der Waals surface area contributed by atoms with Gasteiger partial charge in [0.25, 0.3) is 0 Å². The summed E-state index contributed by atoms with van der Waals surface area (Å²) >= 11 is 5.53. The number of nitrogen functional groups attached to an aromatic ring is 1. The summed E-state index contributed by atoms with van der Waals surface area (Å²) in [7, 11) is 4.09. The first-order chi connectivity index (χ1) is 17.8. The van der Waals surface area contributed by atoms with Gasteiger partial charge in [0.2, 0.25) is 0 Å². The van der Waals surface area contributed by atoms with E-state index in [2.05, 4.69) is 44.9 Å². The van der Waals surface area contributed by atoms with Gasteiger partial charge < -0.3 is 25.6 Å². The van der Waals surface area contributed by atoms with Crippen molar-refractivity contribution >= 4 is 45.0 Å². The number of rotatable bonds is 11. The molecule has 4 rings (SSSR count). The van der Waals surface area contributed by atoms with Crippen molar-refractivity contribution in [1.82, 2.24) is 24.8 Å². The number of pyridine rings is 1. The highest BCUT2D eigenvalue weighted by atomic mass is 32.1. The number of hydrogen-bond donors (Lipinski definition) is 3. The van der Waals surface area contributed by atoms with E-state index in [4.69, 9.17) is 22.9 Å². The molecule has 0 bridgehead atoms. The lowest BCUT2D eigenvalue weighted by Gasteiger charge is -2.15. The van der Waals surface area contributed by atoms with Crippen molar-refractivity contribution in [3.63, 3.8) is 0 Å². The number of hydrogen-bond acceptors (Lipinski definition) is 6. The molecule has 0 fully saturated rings. The second-order valence-electron chi connectivity index (χ2n) is 10.0. The summed E-state index contributed by atoms with van der Waals surface area (Å²) in [4.78, 5) is 12.5. The molecular weight excluding hydrogens is 480 g/mol. The topological polar surface area (TPSA) is 92.2 Å². The first kappa shape index (κ1) is 26.8. The SMILES string of the molecule is CCCCc1nc2c(N)nc3ccccc3c2n1Cc1cc(C)c(O)c(CCC(=S)NCCN(C)C)c1. The minimum atomic E-state index is 0.348. The standard InChI is InChI=1S/C29H38N6OS/c1-5-6-11-24-33-26-27(22-9-7-8-10-23(22)32-29(26)30)35(24)18-20-16-19(2)28(36)21(17-20)12-13-25(37)31-14-15-34(3)4/h7-10,16-17,36H,5-6,11-15,18H2,1-4H3,(H2,30,32)(H,31,37). The Morgan fingerprint density at radius 2 is 1.95 bits per heavy atom. The van der Waals surface area contributed by atoms with Crippen LogP contribution in [0.15, 0.2) is 36.4 Å². The molecule has 4 N–H and O–H groups in total. The van der Waals surface area contributed by atoms with Crippen molar-refractivity contribution in [1.29, 1.82) is 0 Å². The number of aromatic hydroxyl groups is 1. The van der Waals surface area contributed by atoms with Gasteiger partial charge in [0.05, 0.1) is 16.0 Å². The average Bonchev–Trinajstić information content (AvgIpc) is 3.22. The lowest BCUT2D eigenvalue weighted by molar-refractivity contribution is 0.412. The van der Waals surface area contributed by atoms with Crippen LogP contribution < -0.4 is 11.1 Å². The number of likely N-dealkylation sites (N-methyl/N-ethyl adjacent to an activating group) is 1. The van der Waals surface area contributed by atoms with Gasteiger partial charge in [0.15, 0.2) is 5.82 Å². The molecule has 0 spiro atoms. The maximum Gasteiger partial charge on any atom is 0.152 e. The number of aromatic nitrogens is 3. The van der Waals surface area contributed by atoms with Crippen molar-refractivity contribution in [2.24, 2.45) is 0 Å². The van der Waals surface area contributed by atoms with Crippen molar-refractivity contribution in [2.45, 2.75) is 52.5 Å². The zero-order valence-electron chi connectivity index (χ0n) is 22.3. The van der Waals surface area contributed by atoms with Crippen LogP contribution in [0.2, 0.25) is 0 Å². The van der Waals surface area contributed by atoms with Crippen LogP contribution in [0.25, 0.3) is 21.9 Å². The van der Waals surface area contributed by atoms with Gasteiger partial charge in [-0.25, -0.2) is 9.97 Å². The average molecular weight is 519 g/mol. The number of nitrogens with one attached hydrogen (secondary N) is 1. The minimum Gasteiger partial charge on any atom is -0.507 e. The Morgan fingerprint density at radius 3 is 2.70 bits per heavy atom. The third kappa shape index (κ3) is 6.19. The number of fused-ring (bicyclic) bond motifs is 3. The Kier molecular flexibility index (Phi) is 8.61. The quantitative estimate of drug-likeness (QED) is 0.241. The summed E-state index contributed by atoms with van der Waals surface area (Å²) in [6, 6.07) is 12.3. The highest BCUT2D eigenvalue weighted by molar-refractivity contribution is 7.80. The predicted octanol–water partition coefficient (Wildman–Crippen LogP) is 4.98. The molecule has 196 valence electrons. The summed E-state index contributed by atoms with van der Waals surface area (Å²) in [5.74, 6) is 1.82. The summed E-state index contributed by atoms with van der Waals surface area (Å²) in [6.07, 6.45) is 4.38. The third-order valence-corrected chi connectivity index (χ3v) is 7.07. The van der Waals surface area contributed by atoms with Gasteiger partial charge in [-0.2, -0.15) is 0 Å². The van der Waals surface area contributed by atoms with Crippen molar-refractivity contribution in [2.75, 3.05) is 32.9 Å². The van der Waals surface area contributed by atoms with E-state index < -0.39 is 0 Å². The molecule has 0 amide bonds. The number of aryl methyl sites for hydroxylation is 3. The number of nitrogens with two attached hydrogens (primary N) is 1. The molecule has 2 heterocycles. The second kappa shape index (κ2) is 11.9. The van der Waals surface area contributed by atoms with E-state index in [1.165, 1.54) is 0 Å². The van der Waals surface area contributed by atoms with E-state index >= 15 is 0 Å². The van der Waals surface area contributed by atoms with Gasteiger partial charge in [-0.1, -0.05) is 55.9 Å². The fourth-order valence-corrected chi connectivity index (χ4v) is 4.96. The number of thiocarbonyl (C=S) groups is 1. The summed E-state index contributed by atoms with van der Waals surface area (Å²) in [5.41, 5.74) is 11.9. The van der Waals surface area contributed by atoms with Gasteiger partial charge in [-0.15, -0.1) is 0 Å². The summed E-state index contributed by atoms with van der Waals surface area (Å²) < 4.78 is 2.29. The number of para-hydroxylation sites is 1. The molecule has 0 unspecified atom stereocenters. The van der Waals surface area contributed by atoms with Crippen LogP contribution in [0.3, 0.4) is 0 Å². The lowest BCUT2D eigenvalue weighted by atomic mass is 10.0. The second-order valence-corrected chi connectivity index (χ2v) is 10.5. The van der Waals surface area contributed by atoms with Crippen LogP contribution in [-0.2, 0) is 19.4 Å². The summed E-state index contributed by atoms with van der Waals surface area (Å²) in [6.45, 7) is 6.53. The summed E-state index contributed by atoms with van der Waals surface area (Å²) in [5, 5.41) is 15.2. The molecule has 7 nitrogen and oxygen atoms in total. The largest absolute Gasteiger partial charge is 0.507 e. The number of benzene rings is 2. The first-order valence-electron chi connectivity index (χ1n) is 13.0. The normalized spacial score (nSPS) is 11.6. The van der Waals surface area contributed by atoms with Gasteiger partial charge in [-0.05, 0) is 56.6 Å². The Morgan fingerprint density at radius 1 is 1.16 bits per heavy atom. The molecular formula is C29H38N6OS. The fraction of sp³-hybridized carbons (Fsp3) is 0.414. The molecule has 0 saturated heterocycles. The highest BCUT2D eigenvalue weighted by Gasteiger charge is 2.18. The minimum absolute atomic E-state index is 0.348. The predicted molar refractivity (Wildman–Crippen MR) is 157 cm³/mol. The number of anilines is 1. The van der Waals surface area contributed by atoms with E-state index in [-0.39, 0.29) is 0 Å². The van der Waals surface area contributed by atoms with Crippen molar-refractivity contribution < 1.29 is 5.11 Å². The van der Waals surface area contributed by atoms with Crippen LogP contribution >= 0.6 is 12.2 Å². The molecule has 0 aliphatic heterocycles. The smallest absolute Gasteiger partial charge is 0.152 e. The third-order valence-electron chi connectivity index (χ3n) is 6.73. The molecule has 4 aromatic rings. The number of phenols is 1. The van der Waals surface area contributed by atoms with E-state index in [9.17, 15) is 5.11 Å². The fourth-order valence-electron chi connectivity index (χ4n) is 4.75. The Balaban J connectivity index is 1.67. The molecule has 2 aromatic carbocycles. The van der Waals surface area contributed by atoms with Crippen LogP contribution in [0.5, 0.6) is 5.75 Å². The Hall–Kier alpha value is -3.23. The molecule has 2 aromatic heterocycles. The number of unbranched alkanes of at least 4 members (excludes halogenated alkanes) is 1. The van der Waals surface area contributed by atoms with Crippen molar-refractivity contribution in [3.05, 3.63) is 58.9 Å². The molecule has 0 radical (unpaired) electrons. The molecule has 0 aliphatic rings. The monoisotopic (exact) mass is 518 g/mol. The van der Waals surface area contributed by atoms with E-state index in [1.54, 1.807) is 0 Å². The molecule has 0 atom stereocenters. The highest BCUT2D eigenvalue weighted by Crippen LogP contribution is 2.31. The zero-order valence-corrected chi connectivity index (χ0v) is 23.2. The number of nitrogens with zero attached hydrogens (tertiary/aromatic N) is 4. The zero-order chi connectivity index (χ0) is 26.5. The Labute approximate surface area is 224 Å². The molecule has 8 heteroatoms. The lowest BCUT2D eigenvalue weighted by Crippen LogP contribution is -2.30. The van der Waals surface area contributed by atoms with E-state index in [0.29, 0.717) is 31.0 Å². The molecule has 37 heavy (non-hydrogen) atoms. The van der Waals surface area contributed by atoms with Gasteiger partial charge >= 0.3 is 0 Å². The number of imidazole rings is 1. The Bertz CT molecular complexity index is 1410. The van der Waals surface area contributed by atoms with E-state index in [1.807, 2.05) is 39.2 Å². The van der Waals surface area contributed by atoms with E-state index in [0.717, 1.165) is 81.8 Å². The van der Waals surface area contributed by atoms with Gasteiger partial charge in [-0.3, -0.25) is 0 Å². The van der Waals surface area contributed by atoms with Crippen molar-refractivity contribution in [3.8, 4) is 5.75 Å².